The maximum Gasteiger partial charge on any atom is 0.0897 e. The van der Waals surface area contributed by atoms with Gasteiger partial charge >= 0.3 is 0 Å². The molecular formula is C38H77N3O6. The van der Waals surface area contributed by atoms with Crippen molar-refractivity contribution < 1.29 is 30.6 Å². The third kappa shape index (κ3) is 18.4. The summed E-state index contributed by atoms with van der Waals surface area (Å²) in [6.07, 6.45) is 15.5. The standard InChI is InChI=1S/C38H77N3O6/c1-29(2)33-13-7-31(8-14-33)11-17-35(18-12-32-9-15-34(16-10-32)30(3)4)39-19-5-20-40(23-36(45)26-42)21-6-22-41(24-37(46)27-43)25-38(47)28-44/h29-39,42-47H,5-28H2,1-4H3. The van der Waals surface area contributed by atoms with Crippen LogP contribution in [0, 0.1) is 35.5 Å². The Morgan fingerprint density at radius 1 is 0.553 bits per heavy atom. The van der Waals surface area contributed by atoms with E-state index in [1.165, 1.54) is 77.0 Å². The van der Waals surface area contributed by atoms with Crippen molar-refractivity contribution in [1.82, 2.24) is 15.1 Å². The van der Waals surface area contributed by atoms with E-state index in [0.29, 0.717) is 25.7 Å². The molecule has 3 atom stereocenters. The molecule has 0 amide bonds. The van der Waals surface area contributed by atoms with Crippen molar-refractivity contribution in [3.05, 3.63) is 0 Å². The van der Waals surface area contributed by atoms with Gasteiger partial charge in [-0.2, -0.15) is 0 Å². The smallest absolute Gasteiger partial charge is 0.0897 e. The van der Waals surface area contributed by atoms with Gasteiger partial charge in [0.1, 0.15) is 0 Å². The van der Waals surface area contributed by atoms with Crippen molar-refractivity contribution >= 4 is 0 Å². The molecule has 2 aliphatic rings. The zero-order valence-corrected chi connectivity index (χ0v) is 30.8. The number of nitrogens with one attached hydrogen (secondary N) is 1. The van der Waals surface area contributed by atoms with E-state index in [4.69, 9.17) is 0 Å². The first-order valence-electron chi connectivity index (χ1n) is 19.6. The SMILES string of the molecule is CC(C)C1CCC(CCC(CCC2CCC(C(C)C)CC2)NCCCN(CCCN(CC(O)CO)CC(O)CO)CC(O)CO)CC1. The van der Waals surface area contributed by atoms with Crippen LogP contribution in [0.15, 0.2) is 0 Å². The van der Waals surface area contributed by atoms with E-state index in [9.17, 15) is 30.6 Å². The second-order valence-electron chi connectivity index (χ2n) is 16.1. The molecule has 0 radical (unpaired) electrons. The maximum atomic E-state index is 10.2. The summed E-state index contributed by atoms with van der Waals surface area (Å²) in [4.78, 5) is 4.06. The fourth-order valence-corrected chi connectivity index (χ4v) is 8.25. The van der Waals surface area contributed by atoms with Crippen molar-refractivity contribution in [2.24, 2.45) is 35.5 Å². The van der Waals surface area contributed by atoms with Gasteiger partial charge in [-0.3, -0.25) is 4.90 Å². The molecule has 2 saturated carbocycles. The predicted molar refractivity (Wildman–Crippen MR) is 192 cm³/mol. The van der Waals surface area contributed by atoms with Crippen LogP contribution in [0.25, 0.3) is 0 Å². The zero-order chi connectivity index (χ0) is 34.6. The molecule has 9 heteroatoms. The third-order valence-corrected chi connectivity index (χ3v) is 11.6. The topological polar surface area (TPSA) is 140 Å². The lowest BCUT2D eigenvalue weighted by molar-refractivity contribution is 0.0206. The summed E-state index contributed by atoms with van der Waals surface area (Å²) in [7, 11) is 0. The van der Waals surface area contributed by atoms with Crippen LogP contribution < -0.4 is 5.32 Å². The minimum Gasteiger partial charge on any atom is -0.394 e. The monoisotopic (exact) mass is 672 g/mol. The van der Waals surface area contributed by atoms with E-state index in [1.54, 1.807) is 0 Å². The molecule has 280 valence electrons. The van der Waals surface area contributed by atoms with Crippen molar-refractivity contribution in [1.29, 1.82) is 0 Å². The predicted octanol–water partition coefficient (Wildman–Crippen LogP) is 3.87. The zero-order valence-electron chi connectivity index (χ0n) is 30.8. The Bertz CT molecular complexity index is 701. The highest BCUT2D eigenvalue weighted by molar-refractivity contribution is 4.80. The lowest BCUT2D eigenvalue weighted by Gasteiger charge is -2.33. The Labute approximate surface area is 288 Å². The number of hydrogen-bond donors (Lipinski definition) is 7. The van der Waals surface area contributed by atoms with Crippen LogP contribution in [0.4, 0.5) is 0 Å². The lowest BCUT2D eigenvalue weighted by Crippen LogP contribution is -2.42. The molecule has 0 aromatic heterocycles. The van der Waals surface area contributed by atoms with Crippen LogP contribution in [0.2, 0.25) is 0 Å². The largest absolute Gasteiger partial charge is 0.394 e. The summed E-state index contributed by atoms with van der Waals surface area (Å²) in [6.45, 7) is 12.4. The summed E-state index contributed by atoms with van der Waals surface area (Å²) < 4.78 is 0. The van der Waals surface area contributed by atoms with Gasteiger partial charge in [-0.25, -0.2) is 0 Å². The van der Waals surface area contributed by atoms with Gasteiger partial charge in [-0.1, -0.05) is 53.4 Å². The number of hydrogen-bond acceptors (Lipinski definition) is 9. The first kappa shape index (κ1) is 42.8. The van der Waals surface area contributed by atoms with Crippen LogP contribution in [0.3, 0.4) is 0 Å². The number of nitrogens with zero attached hydrogens (tertiary/aromatic N) is 2. The molecule has 0 heterocycles. The molecule has 0 spiro atoms. The molecule has 0 saturated heterocycles. The normalized spacial score (nSPS) is 25.1. The summed E-state index contributed by atoms with van der Waals surface area (Å²) in [5.41, 5.74) is 0. The highest BCUT2D eigenvalue weighted by Gasteiger charge is 2.26. The minimum atomic E-state index is -0.905. The summed E-state index contributed by atoms with van der Waals surface area (Å²) >= 11 is 0. The Morgan fingerprint density at radius 2 is 0.936 bits per heavy atom. The quantitative estimate of drug-likeness (QED) is 0.0683. The highest BCUT2D eigenvalue weighted by Crippen LogP contribution is 2.37. The molecule has 9 nitrogen and oxygen atoms in total. The van der Waals surface area contributed by atoms with Gasteiger partial charge in [0.2, 0.25) is 0 Å². The highest BCUT2D eigenvalue weighted by atomic mass is 16.3. The van der Waals surface area contributed by atoms with Crippen molar-refractivity contribution in [2.75, 3.05) is 65.6 Å². The molecule has 2 rings (SSSR count). The first-order valence-corrected chi connectivity index (χ1v) is 19.6. The lowest BCUT2D eigenvalue weighted by atomic mass is 9.74. The van der Waals surface area contributed by atoms with Gasteiger partial charge in [0.25, 0.3) is 0 Å². The van der Waals surface area contributed by atoms with Crippen LogP contribution in [0.1, 0.15) is 118 Å². The minimum absolute atomic E-state index is 0.219. The second-order valence-corrected chi connectivity index (χ2v) is 16.1. The van der Waals surface area contributed by atoms with E-state index in [0.717, 1.165) is 61.4 Å². The van der Waals surface area contributed by atoms with Crippen LogP contribution in [0.5, 0.6) is 0 Å². The van der Waals surface area contributed by atoms with Crippen molar-refractivity contribution in [2.45, 2.75) is 142 Å². The van der Waals surface area contributed by atoms with Crippen molar-refractivity contribution in [3.63, 3.8) is 0 Å². The number of rotatable bonds is 26. The van der Waals surface area contributed by atoms with Gasteiger partial charge in [-0.05, 0) is 126 Å². The van der Waals surface area contributed by atoms with Crippen LogP contribution >= 0.6 is 0 Å². The van der Waals surface area contributed by atoms with E-state index >= 15 is 0 Å². The average Bonchev–Trinajstić information content (AvgIpc) is 3.07. The average molecular weight is 672 g/mol. The summed E-state index contributed by atoms with van der Waals surface area (Å²) in [6, 6.07) is 0.557. The molecule has 0 aromatic carbocycles. The molecule has 2 fully saturated rings. The fraction of sp³-hybridized carbons (Fsp3) is 1.00. The second kappa shape index (κ2) is 24.7. The number of aliphatic hydroxyl groups is 6. The van der Waals surface area contributed by atoms with Gasteiger partial charge in [0.05, 0.1) is 38.1 Å². The summed E-state index contributed by atoms with van der Waals surface area (Å²) in [5, 5.41) is 62.1. The van der Waals surface area contributed by atoms with E-state index < -0.39 is 18.3 Å². The van der Waals surface area contributed by atoms with Gasteiger partial charge in [-0.15, -0.1) is 0 Å². The van der Waals surface area contributed by atoms with E-state index in [-0.39, 0.29) is 32.9 Å². The maximum absolute atomic E-state index is 10.2. The molecule has 7 N–H and O–H groups in total. The van der Waals surface area contributed by atoms with Crippen LogP contribution in [-0.4, -0.2) is 130 Å². The molecule has 47 heavy (non-hydrogen) atoms. The Morgan fingerprint density at radius 3 is 1.34 bits per heavy atom. The molecule has 0 bridgehead atoms. The van der Waals surface area contributed by atoms with Crippen LogP contribution in [-0.2, 0) is 0 Å². The molecule has 3 unspecified atom stereocenters. The molecule has 0 aromatic rings. The molecule has 2 aliphatic carbocycles. The fourth-order valence-electron chi connectivity index (χ4n) is 8.25. The number of aliphatic hydroxyl groups excluding tert-OH is 6. The van der Waals surface area contributed by atoms with E-state index in [2.05, 4.69) is 37.9 Å². The van der Waals surface area contributed by atoms with Gasteiger partial charge in [0, 0.05) is 25.7 Å². The third-order valence-electron chi connectivity index (χ3n) is 11.6. The van der Waals surface area contributed by atoms with Crippen molar-refractivity contribution in [3.8, 4) is 0 Å². The Hall–Kier alpha value is -0.360. The Balaban J connectivity index is 1.87. The van der Waals surface area contributed by atoms with Gasteiger partial charge in [0.15, 0.2) is 0 Å². The summed E-state index contributed by atoms with van der Waals surface area (Å²) in [5.74, 6) is 5.20. The molecule has 0 aliphatic heterocycles. The van der Waals surface area contributed by atoms with E-state index in [1.807, 2.05) is 4.90 Å². The first-order chi connectivity index (χ1) is 22.5. The molecular weight excluding hydrogens is 594 g/mol. The Kier molecular flexibility index (Phi) is 22.5. The van der Waals surface area contributed by atoms with Gasteiger partial charge < -0.3 is 40.9 Å².